The number of H-pyrrole nitrogens is 1. The van der Waals surface area contributed by atoms with Crippen molar-refractivity contribution in [3.8, 4) is 0 Å². The maximum Gasteiger partial charge on any atom is 0.432 e. The molecule has 1 heterocycles. The molecule has 72 valence electrons. The largest absolute Gasteiger partial charge is 0.432 e. The summed E-state index contributed by atoms with van der Waals surface area (Å²) in [5.41, 5.74) is -0.124. The Labute approximate surface area is 81.0 Å². The highest BCUT2D eigenvalue weighted by Gasteiger charge is 2.33. The Kier molecular flexibility index (Phi) is 2.80. The van der Waals surface area contributed by atoms with Crippen LogP contribution in [0.1, 0.15) is 11.4 Å². The molecule has 0 aliphatic carbocycles. The van der Waals surface area contributed by atoms with E-state index in [0.717, 1.165) is 6.07 Å². The fourth-order valence-electron chi connectivity index (χ4n) is 0.717. The third-order valence-electron chi connectivity index (χ3n) is 1.41. The van der Waals surface area contributed by atoms with Crippen LogP contribution in [0.25, 0.3) is 5.57 Å². The fourth-order valence-corrected chi connectivity index (χ4v) is 1.00. The Bertz CT molecular complexity index is 316. The number of alkyl halides is 4. The van der Waals surface area contributed by atoms with Crippen LogP contribution in [0.15, 0.2) is 12.6 Å². The SMILES string of the molecule is C=C(CBr)c1cc(C(F)(F)F)[nH]n1. The van der Waals surface area contributed by atoms with Crippen molar-refractivity contribution in [2.45, 2.75) is 6.18 Å². The first kappa shape index (κ1) is 10.3. The molecule has 0 saturated heterocycles. The van der Waals surface area contributed by atoms with Gasteiger partial charge in [0.05, 0.1) is 5.69 Å². The monoisotopic (exact) mass is 254 g/mol. The van der Waals surface area contributed by atoms with Crippen molar-refractivity contribution in [3.05, 3.63) is 24.0 Å². The van der Waals surface area contributed by atoms with Gasteiger partial charge in [-0.3, -0.25) is 5.10 Å². The van der Waals surface area contributed by atoms with Gasteiger partial charge in [-0.2, -0.15) is 18.3 Å². The molecule has 13 heavy (non-hydrogen) atoms. The van der Waals surface area contributed by atoms with E-state index >= 15 is 0 Å². The second-order valence-corrected chi connectivity index (χ2v) is 2.96. The third kappa shape index (κ3) is 2.33. The lowest BCUT2D eigenvalue weighted by Crippen LogP contribution is -2.04. The van der Waals surface area contributed by atoms with E-state index in [1.54, 1.807) is 0 Å². The summed E-state index contributed by atoms with van der Waals surface area (Å²) in [6, 6.07) is 0.934. The zero-order valence-electron chi connectivity index (χ0n) is 6.45. The molecule has 1 N–H and O–H groups in total. The standard InChI is InChI=1S/C7H6BrF3N2/c1-4(3-8)5-2-6(13-12-5)7(9,10)11/h2H,1,3H2,(H,12,13). The summed E-state index contributed by atoms with van der Waals surface area (Å²) < 4.78 is 36.2. The number of nitrogens with one attached hydrogen (secondary N) is 1. The summed E-state index contributed by atoms with van der Waals surface area (Å²) in [6.07, 6.45) is -4.38. The molecule has 1 rings (SSSR count). The second-order valence-electron chi connectivity index (χ2n) is 2.40. The molecular formula is C7H6BrF3N2. The highest BCUT2D eigenvalue weighted by molar-refractivity contribution is 9.09. The lowest BCUT2D eigenvalue weighted by Gasteiger charge is -1.99. The molecule has 0 aliphatic heterocycles. The van der Waals surface area contributed by atoms with Gasteiger partial charge in [0, 0.05) is 5.33 Å². The van der Waals surface area contributed by atoms with Crippen molar-refractivity contribution in [2.24, 2.45) is 0 Å². The third-order valence-corrected chi connectivity index (χ3v) is 2.08. The molecular weight excluding hydrogens is 249 g/mol. The number of hydrogen-bond donors (Lipinski definition) is 1. The molecule has 1 aromatic heterocycles. The molecule has 0 spiro atoms. The number of hydrogen-bond acceptors (Lipinski definition) is 1. The fraction of sp³-hybridized carbons (Fsp3) is 0.286. The molecule has 0 fully saturated rings. The smallest absolute Gasteiger partial charge is 0.273 e. The van der Waals surface area contributed by atoms with Gasteiger partial charge in [0.1, 0.15) is 5.69 Å². The predicted octanol–water partition coefficient (Wildman–Crippen LogP) is 2.84. The van der Waals surface area contributed by atoms with Crippen LogP contribution in [0, 0.1) is 0 Å². The minimum atomic E-state index is -4.38. The summed E-state index contributed by atoms with van der Waals surface area (Å²) in [6.45, 7) is 3.54. The van der Waals surface area contributed by atoms with Crippen LogP contribution in [0.4, 0.5) is 13.2 Å². The Morgan fingerprint density at radius 2 is 2.23 bits per heavy atom. The van der Waals surface area contributed by atoms with Crippen molar-refractivity contribution < 1.29 is 13.2 Å². The van der Waals surface area contributed by atoms with Crippen LogP contribution in [0.5, 0.6) is 0 Å². The Morgan fingerprint density at radius 1 is 1.62 bits per heavy atom. The van der Waals surface area contributed by atoms with Gasteiger partial charge in [-0.25, -0.2) is 0 Å². The predicted molar refractivity (Wildman–Crippen MR) is 46.4 cm³/mol. The maximum absolute atomic E-state index is 12.1. The molecule has 6 heteroatoms. The van der Waals surface area contributed by atoms with Crippen LogP contribution in [-0.2, 0) is 6.18 Å². The average molecular weight is 255 g/mol. The summed E-state index contributed by atoms with van der Waals surface area (Å²) in [4.78, 5) is 0. The van der Waals surface area contributed by atoms with E-state index in [9.17, 15) is 13.2 Å². The molecule has 0 amide bonds. The Hall–Kier alpha value is -0.780. The quantitative estimate of drug-likeness (QED) is 0.808. The van der Waals surface area contributed by atoms with Gasteiger partial charge in [-0.15, -0.1) is 0 Å². The zero-order valence-corrected chi connectivity index (χ0v) is 8.04. The number of aromatic nitrogens is 2. The van der Waals surface area contributed by atoms with E-state index in [0.29, 0.717) is 10.9 Å². The molecule has 0 radical (unpaired) electrons. The average Bonchev–Trinajstić information content (AvgIpc) is 2.50. The van der Waals surface area contributed by atoms with Crippen LogP contribution >= 0.6 is 15.9 Å². The van der Waals surface area contributed by atoms with Gasteiger partial charge in [0.15, 0.2) is 0 Å². The van der Waals surface area contributed by atoms with Crippen LogP contribution in [0.3, 0.4) is 0 Å². The van der Waals surface area contributed by atoms with Gasteiger partial charge in [0.25, 0.3) is 0 Å². The number of allylic oxidation sites excluding steroid dienone is 1. The van der Waals surface area contributed by atoms with Crippen molar-refractivity contribution in [1.82, 2.24) is 10.2 Å². The highest BCUT2D eigenvalue weighted by atomic mass is 79.9. The van der Waals surface area contributed by atoms with E-state index in [2.05, 4.69) is 27.6 Å². The molecule has 0 bridgehead atoms. The first-order valence-corrected chi connectivity index (χ1v) is 4.44. The normalized spacial score (nSPS) is 11.7. The topological polar surface area (TPSA) is 28.7 Å². The van der Waals surface area contributed by atoms with Gasteiger partial charge in [0.2, 0.25) is 0 Å². The number of nitrogens with zero attached hydrogens (tertiary/aromatic N) is 1. The Balaban J connectivity index is 2.93. The molecule has 2 nitrogen and oxygen atoms in total. The van der Waals surface area contributed by atoms with Crippen LogP contribution in [-0.4, -0.2) is 15.5 Å². The number of aromatic amines is 1. The van der Waals surface area contributed by atoms with E-state index in [-0.39, 0.29) is 5.69 Å². The van der Waals surface area contributed by atoms with Crippen LogP contribution in [0.2, 0.25) is 0 Å². The van der Waals surface area contributed by atoms with Crippen molar-refractivity contribution in [1.29, 1.82) is 0 Å². The molecule has 0 aromatic carbocycles. The Morgan fingerprint density at radius 3 is 2.62 bits per heavy atom. The summed E-state index contributed by atoms with van der Waals surface area (Å²) >= 11 is 3.08. The van der Waals surface area contributed by atoms with E-state index in [1.165, 1.54) is 0 Å². The lowest BCUT2D eigenvalue weighted by molar-refractivity contribution is -0.141. The summed E-state index contributed by atoms with van der Waals surface area (Å²) in [5, 5.41) is 5.78. The number of rotatable bonds is 2. The zero-order chi connectivity index (χ0) is 10.1. The van der Waals surface area contributed by atoms with Crippen molar-refractivity contribution in [2.75, 3.05) is 5.33 Å². The first-order valence-electron chi connectivity index (χ1n) is 3.32. The van der Waals surface area contributed by atoms with Crippen molar-refractivity contribution >= 4 is 21.5 Å². The molecule has 1 aromatic rings. The van der Waals surface area contributed by atoms with Gasteiger partial charge >= 0.3 is 6.18 Å². The highest BCUT2D eigenvalue weighted by Crippen LogP contribution is 2.28. The van der Waals surface area contributed by atoms with E-state index in [1.807, 2.05) is 5.10 Å². The van der Waals surface area contributed by atoms with Gasteiger partial charge in [-0.1, -0.05) is 22.5 Å². The van der Waals surface area contributed by atoms with E-state index in [4.69, 9.17) is 0 Å². The molecule has 0 saturated carbocycles. The molecule has 0 unspecified atom stereocenters. The summed E-state index contributed by atoms with van der Waals surface area (Å²) in [7, 11) is 0. The van der Waals surface area contributed by atoms with E-state index < -0.39 is 11.9 Å². The minimum absolute atomic E-state index is 0.226. The second kappa shape index (κ2) is 3.53. The van der Waals surface area contributed by atoms with Gasteiger partial charge in [-0.05, 0) is 11.6 Å². The number of halogens is 4. The van der Waals surface area contributed by atoms with Crippen LogP contribution < -0.4 is 0 Å². The first-order chi connectivity index (χ1) is 5.95. The maximum atomic E-state index is 12.1. The lowest BCUT2D eigenvalue weighted by atomic mass is 10.2. The van der Waals surface area contributed by atoms with Gasteiger partial charge < -0.3 is 0 Å². The molecule has 0 aliphatic rings. The molecule has 0 atom stereocenters. The minimum Gasteiger partial charge on any atom is -0.273 e. The van der Waals surface area contributed by atoms with Crippen molar-refractivity contribution in [3.63, 3.8) is 0 Å². The summed E-state index contributed by atoms with van der Waals surface area (Å²) in [5.74, 6) is 0.